The van der Waals surface area contributed by atoms with Gasteiger partial charge < -0.3 is 11.1 Å². The molecule has 1 aromatic carbocycles. The highest BCUT2D eigenvalue weighted by molar-refractivity contribution is 7.80. The number of hydrogen-bond acceptors (Lipinski definition) is 3. The van der Waals surface area contributed by atoms with Crippen LogP contribution in [0.2, 0.25) is 0 Å². The average molecular weight is 305 g/mol. The molecule has 1 saturated heterocycles. The van der Waals surface area contributed by atoms with E-state index in [1.165, 1.54) is 0 Å². The number of nitrogens with zero attached hydrogens (tertiary/aromatic N) is 1. The second-order valence-corrected chi connectivity index (χ2v) is 6.43. The molecule has 5 heteroatoms. The lowest BCUT2D eigenvalue weighted by atomic mass is 9.80. The van der Waals surface area contributed by atoms with Crippen molar-refractivity contribution in [2.45, 2.75) is 32.7 Å². The van der Waals surface area contributed by atoms with Crippen LogP contribution < -0.4 is 11.1 Å². The maximum Gasteiger partial charge on any atom is 0.241 e. The second-order valence-electron chi connectivity index (χ2n) is 5.99. The number of nitrogens with two attached hydrogens (primary N) is 1. The van der Waals surface area contributed by atoms with Crippen LogP contribution in [0.1, 0.15) is 26.7 Å². The highest BCUT2D eigenvalue weighted by atomic mass is 32.1. The van der Waals surface area contributed by atoms with Crippen LogP contribution in [-0.2, 0) is 4.79 Å². The SMILES string of the molecule is CC(C(=O)Nc1ccccc1)N1CCC(C)(C(N)=S)CC1. The zero-order valence-electron chi connectivity index (χ0n) is 12.6. The van der Waals surface area contributed by atoms with E-state index in [1.807, 2.05) is 37.3 Å². The topological polar surface area (TPSA) is 58.4 Å². The predicted molar refractivity (Wildman–Crippen MR) is 90.2 cm³/mol. The highest BCUT2D eigenvalue weighted by Crippen LogP contribution is 2.31. The van der Waals surface area contributed by atoms with Gasteiger partial charge in [-0.3, -0.25) is 9.69 Å². The molecule has 1 fully saturated rings. The Morgan fingerprint density at radius 3 is 2.43 bits per heavy atom. The third kappa shape index (κ3) is 3.80. The van der Waals surface area contributed by atoms with Crippen LogP contribution in [0.15, 0.2) is 30.3 Å². The smallest absolute Gasteiger partial charge is 0.241 e. The van der Waals surface area contributed by atoms with Crippen LogP contribution >= 0.6 is 12.2 Å². The second kappa shape index (κ2) is 6.54. The molecule has 0 spiro atoms. The van der Waals surface area contributed by atoms with E-state index in [2.05, 4.69) is 17.1 Å². The molecule has 2 rings (SSSR count). The molecule has 0 bridgehead atoms. The monoisotopic (exact) mass is 305 g/mol. The fourth-order valence-corrected chi connectivity index (χ4v) is 2.79. The first-order chi connectivity index (χ1) is 9.92. The first-order valence-electron chi connectivity index (χ1n) is 7.32. The van der Waals surface area contributed by atoms with Crippen molar-refractivity contribution in [3.05, 3.63) is 30.3 Å². The van der Waals surface area contributed by atoms with Crippen LogP contribution in [0.25, 0.3) is 0 Å². The molecule has 1 amide bonds. The number of nitrogens with one attached hydrogen (secondary N) is 1. The van der Waals surface area contributed by atoms with E-state index < -0.39 is 0 Å². The molecule has 21 heavy (non-hydrogen) atoms. The van der Waals surface area contributed by atoms with E-state index in [0.717, 1.165) is 31.6 Å². The minimum absolute atomic E-state index is 0.0279. The van der Waals surface area contributed by atoms with Gasteiger partial charge in [-0.15, -0.1) is 0 Å². The number of benzene rings is 1. The first kappa shape index (κ1) is 15.9. The average Bonchev–Trinajstić information content (AvgIpc) is 2.48. The summed E-state index contributed by atoms with van der Waals surface area (Å²) >= 11 is 5.15. The Kier molecular flexibility index (Phi) is 4.96. The molecule has 1 heterocycles. The maximum atomic E-state index is 12.3. The standard InChI is InChI=1S/C16H23N3OS/c1-12(14(20)18-13-6-4-3-5-7-13)19-10-8-16(2,9-11-19)15(17)21/h3-7,12H,8-11H2,1-2H3,(H2,17,21)(H,18,20). The molecule has 1 atom stereocenters. The van der Waals surface area contributed by atoms with Crippen molar-refractivity contribution in [1.82, 2.24) is 4.90 Å². The Bertz CT molecular complexity index is 510. The van der Waals surface area contributed by atoms with Crippen LogP contribution in [0.5, 0.6) is 0 Å². The molecule has 0 radical (unpaired) electrons. The number of piperidine rings is 1. The largest absolute Gasteiger partial charge is 0.393 e. The highest BCUT2D eigenvalue weighted by Gasteiger charge is 2.35. The molecule has 0 aliphatic carbocycles. The van der Waals surface area contributed by atoms with Gasteiger partial charge in [-0.05, 0) is 45.0 Å². The summed E-state index contributed by atoms with van der Waals surface area (Å²) in [7, 11) is 0. The van der Waals surface area contributed by atoms with E-state index in [9.17, 15) is 4.79 Å². The van der Waals surface area contributed by atoms with Crippen LogP contribution in [0, 0.1) is 5.41 Å². The number of rotatable bonds is 4. The molecule has 1 aliphatic rings. The van der Waals surface area contributed by atoms with Crippen molar-refractivity contribution >= 4 is 28.8 Å². The van der Waals surface area contributed by atoms with Crippen molar-refractivity contribution < 1.29 is 4.79 Å². The summed E-state index contributed by atoms with van der Waals surface area (Å²) in [5, 5.41) is 2.95. The van der Waals surface area contributed by atoms with Gasteiger partial charge in [-0.1, -0.05) is 37.3 Å². The summed E-state index contributed by atoms with van der Waals surface area (Å²) in [4.78, 5) is 15.1. The van der Waals surface area contributed by atoms with Crippen molar-refractivity contribution in [2.24, 2.45) is 11.1 Å². The normalized spacial score (nSPS) is 19.7. The molecule has 1 aromatic rings. The minimum atomic E-state index is -0.152. The Hall–Kier alpha value is -1.46. The number of amides is 1. The lowest BCUT2D eigenvalue weighted by Crippen LogP contribution is -2.50. The van der Waals surface area contributed by atoms with Gasteiger partial charge in [0.25, 0.3) is 0 Å². The van der Waals surface area contributed by atoms with E-state index >= 15 is 0 Å². The third-order valence-electron chi connectivity index (χ3n) is 4.46. The summed E-state index contributed by atoms with van der Waals surface area (Å²) in [6.45, 7) is 5.75. The summed E-state index contributed by atoms with van der Waals surface area (Å²) in [6, 6.07) is 9.39. The lowest BCUT2D eigenvalue weighted by Gasteiger charge is -2.40. The van der Waals surface area contributed by atoms with Gasteiger partial charge in [0.05, 0.1) is 11.0 Å². The van der Waals surface area contributed by atoms with Crippen molar-refractivity contribution in [3.8, 4) is 0 Å². The third-order valence-corrected chi connectivity index (χ3v) is 4.96. The number of thiocarbonyl (C=S) groups is 1. The van der Waals surface area contributed by atoms with Crippen molar-refractivity contribution in [2.75, 3.05) is 18.4 Å². The van der Waals surface area contributed by atoms with Crippen molar-refractivity contribution in [3.63, 3.8) is 0 Å². The summed E-state index contributed by atoms with van der Waals surface area (Å²) in [6.07, 6.45) is 1.82. The van der Waals surface area contributed by atoms with Crippen LogP contribution in [-0.4, -0.2) is 34.9 Å². The van der Waals surface area contributed by atoms with Crippen LogP contribution in [0.4, 0.5) is 5.69 Å². The zero-order chi connectivity index (χ0) is 15.5. The van der Waals surface area contributed by atoms with Gasteiger partial charge in [0.1, 0.15) is 0 Å². The lowest BCUT2D eigenvalue weighted by molar-refractivity contribution is -0.121. The van der Waals surface area contributed by atoms with E-state index in [-0.39, 0.29) is 17.4 Å². The van der Waals surface area contributed by atoms with Gasteiger partial charge >= 0.3 is 0 Å². The van der Waals surface area contributed by atoms with Crippen LogP contribution in [0.3, 0.4) is 0 Å². The van der Waals surface area contributed by atoms with E-state index in [0.29, 0.717) is 4.99 Å². The Balaban J connectivity index is 1.91. The summed E-state index contributed by atoms with van der Waals surface area (Å²) < 4.78 is 0. The van der Waals surface area contributed by atoms with Gasteiger partial charge in [0.2, 0.25) is 5.91 Å². The number of hydrogen-bond donors (Lipinski definition) is 2. The summed E-state index contributed by atoms with van der Waals surface area (Å²) in [5.41, 5.74) is 6.58. The van der Waals surface area contributed by atoms with E-state index in [4.69, 9.17) is 18.0 Å². The van der Waals surface area contributed by atoms with Gasteiger partial charge in [0, 0.05) is 11.1 Å². The molecule has 1 unspecified atom stereocenters. The maximum absolute atomic E-state index is 12.3. The Labute approximate surface area is 131 Å². The number of likely N-dealkylation sites (tertiary alicyclic amines) is 1. The number of anilines is 1. The van der Waals surface area contributed by atoms with E-state index in [1.54, 1.807) is 0 Å². The molecule has 0 saturated carbocycles. The fraction of sp³-hybridized carbons (Fsp3) is 0.500. The number of carbonyl (C=O) groups excluding carboxylic acids is 1. The molecule has 4 nitrogen and oxygen atoms in total. The first-order valence-corrected chi connectivity index (χ1v) is 7.73. The van der Waals surface area contributed by atoms with Crippen molar-refractivity contribution in [1.29, 1.82) is 0 Å². The zero-order valence-corrected chi connectivity index (χ0v) is 13.5. The fourth-order valence-electron chi connectivity index (χ4n) is 2.59. The van der Waals surface area contributed by atoms with Gasteiger partial charge in [-0.2, -0.15) is 0 Å². The van der Waals surface area contributed by atoms with Gasteiger partial charge in [-0.25, -0.2) is 0 Å². The quantitative estimate of drug-likeness (QED) is 0.839. The number of carbonyl (C=O) groups is 1. The molecule has 0 aromatic heterocycles. The predicted octanol–water partition coefficient (Wildman–Crippen LogP) is 2.40. The molecular formula is C16H23N3OS. The summed E-state index contributed by atoms with van der Waals surface area (Å²) in [5.74, 6) is 0.0279. The van der Waals surface area contributed by atoms with Gasteiger partial charge in [0.15, 0.2) is 0 Å². The minimum Gasteiger partial charge on any atom is -0.393 e. The molecule has 114 valence electrons. The Morgan fingerprint density at radius 1 is 1.33 bits per heavy atom. The number of para-hydroxylation sites is 1. The molecular weight excluding hydrogens is 282 g/mol. The molecule has 3 N–H and O–H groups in total. The molecule has 1 aliphatic heterocycles. The Morgan fingerprint density at radius 2 is 1.90 bits per heavy atom.